The second-order valence-corrected chi connectivity index (χ2v) is 8.46. The van der Waals surface area contributed by atoms with Gasteiger partial charge < -0.3 is 19.5 Å². The predicted molar refractivity (Wildman–Crippen MR) is 117 cm³/mol. The predicted octanol–water partition coefficient (Wildman–Crippen LogP) is 4.40. The minimum atomic E-state index is -0.663. The van der Waals surface area contributed by atoms with Crippen molar-refractivity contribution in [1.29, 1.82) is 0 Å². The van der Waals surface area contributed by atoms with Gasteiger partial charge in [0.1, 0.15) is 12.0 Å². The molecule has 6 nitrogen and oxygen atoms in total. The summed E-state index contributed by atoms with van der Waals surface area (Å²) in [6, 6.07) is 5.63. The number of hydrogen-bond acceptors (Lipinski definition) is 6. The van der Waals surface area contributed by atoms with E-state index in [0.717, 1.165) is 49.8 Å². The highest BCUT2D eigenvalue weighted by molar-refractivity contribution is 6.00. The van der Waals surface area contributed by atoms with Gasteiger partial charge >= 0.3 is 5.97 Å². The second kappa shape index (κ2) is 9.16. The normalized spacial score (nSPS) is 23.9. The maximum absolute atomic E-state index is 13.3. The first kappa shape index (κ1) is 21.5. The van der Waals surface area contributed by atoms with Gasteiger partial charge in [-0.15, -0.1) is 0 Å². The van der Waals surface area contributed by atoms with Crippen LogP contribution in [-0.4, -0.2) is 31.6 Å². The molecule has 1 aromatic rings. The highest BCUT2D eigenvalue weighted by Crippen LogP contribution is 2.46. The first-order chi connectivity index (χ1) is 15.0. The van der Waals surface area contributed by atoms with Gasteiger partial charge in [0, 0.05) is 29.3 Å². The Morgan fingerprint density at radius 3 is 2.65 bits per heavy atom. The number of hydrogen-bond donors (Lipinski definition) is 1. The first-order valence-corrected chi connectivity index (χ1v) is 11.3. The molecule has 2 aliphatic carbocycles. The summed E-state index contributed by atoms with van der Waals surface area (Å²) in [5, 5.41) is 3.27. The zero-order valence-electron chi connectivity index (χ0n) is 18.4. The average Bonchev–Trinajstić information content (AvgIpc) is 3.26. The molecule has 1 aliphatic heterocycles. The Morgan fingerprint density at radius 2 is 1.94 bits per heavy atom. The maximum atomic E-state index is 13.3. The van der Waals surface area contributed by atoms with E-state index in [2.05, 4.69) is 11.9 Å². The van der Waals surface area contributed by atoms with E-state index in [0.29, 0.717) is 35.8 Å². The van der Waals surface area contributed by atoms with Gasteiger partial charge in [-0.2, -0.15) is 0 Å². The van der Waals surface area contributed by atoms with Gasteiger partial charge in [0.25, 0.3) is 0 Å². The van der Waals surface area contributed by atoms with Crippen LogP contribution < -0.4 is 14.8 Å². The van der Waals surface area contributed by atoms with Crippen molar-refractivity contribution in [2.75, 3.05) is 13.7 Å². The molecule has 0 bridgehead atoms. The molecular formula is C25H31NO5. The average molecular weight is 426 g/mol. The van der Waals surface area contributed by atoms with E-state index in [1.165, 1.54) is 0 Å². The number of carbonyl (C=O) groups excluding carboxylic acids is 2. The lowest BCUT2D eigenvalue weighted by atomic mass is 9.71. The summed E-state index contributed by atoms with van der Waals surface area (Å²) in [5.41, 5.74) is 2.98. The molecule has 0 saturated heterocycles. The first-order valence-electron chi connectivity index (χ1n) is 11.3. The third-order valence-corrected chi connectivity index (χ3v) is 6.47. The monoisotopic (exact) mass is 425 g/mol. The molecular weight excluding hydrogens is 394 g/mol. The van der Waals surface area contributed by atoms with Crippen LogP contribution in [0.25, 0.3) is 0 Å². The van der Waals surface area contributed by atoms with E-state index < -0.39 is 11.8 Å². The molecule has 2 atom stereocenters. The molecule has 166 valence electrons. The van der Waals surface area contributed by atoms with Crippen molar-refractivity contribution in [1.82, 2.24) is 5.32 Å². The number of ether oxygens (including phenoxy) is 3. The lowest BCUT2D eigenvalue weighted by molar-refractivity contribution is -0.153. The molecule has 0 amide bonds. The van der Waals surface area contributed by atoms with Crippen molar-refractivity contribution in [3.63, 3.8) is 0 Å². The molecule has 2 unspecified atom stereocenters. The lowest BCUT2D eigenvalue weighted by Crippen LogP contribution is -2.41. The van der Waals surface area contributed by atoms with E-state index in [1.54, 1.807) is 7.11 Å². The summed E-state index contributed by atoms with van der Waals surface area (Å²) in [7, 11) is 1.59. The van der Waals surface area contributed by atoms with Gasteiger partial charge in [-0.1, -0.05) is 12.6 Å². The molecule has 1 heterocycles. The fraction of sp³-hybridized carbons (Fsp3) is 0.520. The molecule has 3 aliphatic rings. The summed E-state index contributed by atoms with van der Waals surface area (Å²) in [4.78, 5) is 26.4. The summed E-state index contributed by atoms with van der Waals surface area (Å²) >= 11 is 0. The molecule has 4 rings (SSSR count). The van der Waals surface area contributed by atoms with Crippen molar-refractivity contribution in [3.05, 3.63) is 47.3 Å². The number of methoxy groups -OCH3 is 1. The molecule has 0 spiro atoms. The smallest absolute Gasteiger partial charge is 0.316 e. The Bertz CT molecular complexity index is 912. The van der Waals surface area contributed by atoms with E-state index in [9.17, 15) is 9.59 Å². The van der Waals surface area contributed by atoms with Gasteiger partial charge in [0.15, 0.2) is 17.3 Å². The van der Waals surface area contributed by atoms with Crippen LogP contribution in [0, 0.1) is 5.92 Å². The molecule has 1 N–H and O–H groups in total. The third kappa shape index (κ3) is 4.21. The van der Waals surface area contributed by atoms with E-state index in [-0.39, 0.29) is 17.9 Å². The number of benzene rings is 1. The van der Waals surface area contributed by atoms with Crippen molar-refractivity contribution in [2.45, 2.75) is 63.9 Å². The quantitative estimate of drug-likeness (QED) is 0.681. The fourth-order valence-electron chi connectivity index (χ4n) is 5.03. The number of Topliss-reactive ketones (excluding diaryl/α,β-unsaturated/α-hetero) is 1. The zero-order chi connectivity index (χ0) is 22.0. The maximum Gasteiger partial charge on any atom is 0.316 e. The van der Waals surface area contributed by atoms with Crippen molar-refractivity contribution in [3.8, 4) is 11.5 Å². The van der Waals surface area contributed by atoms with Crippen molar-refractivity contribution in [2.24, 2.45) is 5.92 Å². The fourth-order valence-corrected chi connectivity index (χ4v) is 5.03. The highest BCUT2D eigenvalue weighted by Gasteiger charge is 2.44. The number of esters is 1. The topological polar surface area (TPSA) is 73.9 Å². The minimum absolute atomic E-state index is 0.0479. The number of ketones is 1. The minimum Gasteiger partial charge on any atom is -0.493 e. The number of nitrogens with one attached hydrogen (secondary N) is 1. The van der Waals surface area contributed by atoms with Gasteiger partial charge in [-0.05, 0) is 63.1 Å². The van der Waals surface area contributed by atoms with E-state index >= 15 is 0 Å². The summed E-state index contributed by atoms with van der Waals surface area (Å²) in [6.45, 7) is 6.59. The number of carbonyl (C=O) groups is 2. The third-order valence-electron chi connectivity index (χ3n) is 6.47. The van der Waals surface area contributed by atoms with Crippen LogP contribution in [-0.2, 0) is 14.3 Å². The van der Waals surface area contributed by atoms with Crippen LogP contribution in [0.1, 0.15) is 63.4 Å². The van der Waals surface area contributed by atoms with Crippen LogP contribution in [0.15, 0.2) is 41.7 Å². The molecule has 0 aromatic heterocycles. The van der Waals surface area contributed by atoms with Gasteiger partial charge in [0.05, 0.1) is 13.7 Å². The molecule has 0 radical (unpaired) electrons. The lowest BCUT2D eigenvalue weighted by Gasteiger charge is -2.38. The largest absolute Gasteiger partial charge is 0.493 e. The molecule has 31 heavy (non-hydrogen) atoms. The summed E-state index contributed by atoms with van der Waals surface area (Å²) in [5.74, 6) is -0.128. The van der Waals surface area contributed by atoms with Crippen LogP contribution >= 0.6 is 0 Å². The number of allylic oxidation sites excluding steroid dienone is 2. The standard InChI is InChI=1S/C25H31NO5/c1-4-30-20-13-12-16(14-21(20)29-3)23-22(25(28)31-17-8-5-6-9-17)15(2)26-18-10-7-11-19(27)24(18)23/h12-14,17,22-23,26H,2,4-11H2,1,3H3. The Hall–Kier alpha value is -2.76. The van der Waals surface area contributed by atoms with Crippen LogP contribution in [0.5, 0.6) is 11.5 Å². The Balaban J connectivity index is 1.76. The highest BCUT2D eigenvalue weighted by atomic mass is 16.5. The van der Waals surface area contributed by atoms with Gasteiger partial charge in [-0.3, -0.25) is 9.59 Å². The van der Waals surface area contributed by atoms with Crippen LogP contribution in [0.4, 0.5) is 0 Å². The Labute approximate surface area is 183 Å². The van der Waals surface area contributed by atoms with Crippen LogP contribution in [0.2, 0.25) is 0 Å². The molecule has 1 aromatic carbocycles. The van der Waals surface area contributed by atoms with E-state index in [1.807, 2.05) is 25.1 Å². The summed E-state index contributed by atoms with van der Waals surface area (Å²) < 4.78 is 17.1. The summed E-state index contributed by atoms with van der Waals surface area (Å²) in [6.07, 6.45) is 5.96. The van der Waals surface area contributed by atoms with Crippen molar-refractivity contribution < 1.29 is 23.8 Å². The Kier molecular flexibility index (Phi) is 6.35. The molecule has 1 fully saturated rings. The second-order valence-electron chi connectivity index (χ2n) is 8.46. The molecule has 1 saturated carbocycles. The molecule has 6 heteroatoms. The van der Waals surface area contributed by atoms with Crippen molar-refractivity contribution >= 4 is 11.8 Å². The number of rotatable bonds is 6. The van der Waals surface area contributed by atoms with Gasteiger partial charge in [-0.25, -0.2) is 0 Å². The van der Waals surface area contributed by atoms with Gasteiger partial charge in [0.2, 0.25) is 0 Å². The van der Waals surface area contributed by atoms with Crippen LogP contribution in [0.3, 0.4) is 0 Å². The SMILES string of the molecule is C=C1NC2=C(C(=O)CCC2)C(c2ccc(OCC)c(OC)c2)C1C(=O)OC1CCCC1. The zero-order valence-corrected chi connectivity index (χ0v) is 18.4. The van der Waals surface area contributed by atoms with E-state index in [4.69, 9.17) is 14.2 Å². The Morgan fingerprint density at radius 1 is 1.16 bits per heavy atom.